The van der Waals surface area contributed by atoms with Crippen LogP contribution in [0.4, 0.5) is 18.9 Å². The predicted octanol–water partition coefficient (Wildman–Crippen LogP) is 3.11. The van der Waals surface area contributed by atoms with E-state index in [1.165, 1.54) is 5.56 Å². The van der Waals surface area contributed by atoms with Gasteiger partial charge in [-0.05, 0) is 51.1 Å². The Bertz CT molecular complexity index is 847. The summed E-state index contributed by atoms with van der Waals surface area (Å²) in [6.45, 7) is 1.99. The Balaban J connectivity index is 1.75. The molecule has 0 spiro atoms. The van der Waals surface area contributed by atoms with Gasteiger partial charge in [0.1, 0.15) is 0 Å². The first-order valence-corrected chi connectivity index (χ1v) is 9.24. The fraction of sp³-hybridized carbons (Fsp3) is 0.333. The predicted molar refractivity (Wildman–Crippen MR) is 105 cm³/mol. The van der Waals surface area contributed by atoms with Gasteiger partial charge in [-0.25, -0.2) is 13.2 Å². The molecule has 0 fully saturated rings. The molecule has 0 aromatic heterocycles. The normalized spacial score (nSPS) is 11.9. The Morgan fingerprint density at radius 2 is 1.72 bits per heavy atom. The summed E-state index contributed by atoms with van der Waals surface area (Å²) in [6, 6.07) is 11.2. The van der Waals surface area contributed by atoms with Gasteiger partial charge in [-0.15, -0.1) is 0 Å². The minimum Gasteiger partial charge on any atom is -0.346 e. The zero-order valence-electron chi connectivity index (χ0n) is 16.3. The number of benzene rings is 2. The minimum absolute atomic E-state index is 0.367. The van der Waals surface area contributed by atoms with Gasteiger partial charge in [-0.3, -0.25) is 14.5 Å². The van der Waals surface area contributed by atoms with Crippen molar-refractivity contribution in [1.29, 1.82) is 0 Å². The van der Waals surface area contributed by atoms with Gasteiger partial charge in [-0.1, -0.05) is 30.3 Å². The highest BCUT2D eigenvalue weighted by Crippen LogP contribution is 2.19. The highest BCUT2D eigenvalue weighted by molar-refractivity contribution is 5.95. The van der Waals surface area contributed by atoms with E-state index in [-0.39, 0.29) is 5.91 Å². The molecule has 2 N–H and O–H groups in total. The van der Waals surface area contributed by atoms with Crippen molar-refractivity contribution in [3.8, 4) is 0 Å². The summed E-state index contributed by atoms with van der Waals surface area (Å²) in [5.41, 5.74) is 0.730. The van der Waals surface area contributed by atoms with Crippen LogP contribution in [0.5, 0.6) is 0 Å². The fourth-order valence-electron chi connectivity index (χ4n) is 2.70. The summed E-state index contributed by atoms with van der Waals surface area (Å²) in [7, 11) is 1.81. The Morgan fingerprint density at radius 1 is 1.03 bits per heavy atom. The van der Waals surface area contributed by atoms with Crippen molar-refractivity contribution in [3.05, 3.63) is 65.5 Å². The number of nitrogens with zero attached hydrogens (tertiary/aromatic N) is 1. The fourth-order valence-corrected chi connectivity index (χ4v) is 2.70. The highest BCUT2D eigenvalue weighted by Gasteiger charge is 2.19. The van der Waals surface area contributed by atoms with Gasteiger partial charge in [0.2, 0.25) is 11.8 Å². The van der Waals surface area contributed by atoms with Crippen LogP contribution >= 0.6 is 0 Å². The zero-order valence-corrected chi connectivity index (χ0v) is 16.3. The molecule has 1 atom stereocenters. The minimum atomic E-state index is -1.67. The molecule has 0 bridgehead atoms. The van der Waals surface area contributed by atoms with Gasteiger partial charge in [0.05, 0.1) is 18.3 Å². The van der Waals surface area contributed by atoms with Gasteiger partial charge in [0.15, 0.2) is 17.5 Å². The van der Waals surface area contributed by atoms with Crippen LogP contribution in [-0.2, 0) is 16.0 Å². The van der Waals surface area contributed by atoms with E-state index >= 15 is 0 Å². The lowest BCUT2D eigenvalue weighted by atomic mass is 10.1. The van der Waals surface area contributed by atoms with Crippen molar-refractivity contribution >= 4 is 17.5 Å². The third-order valence-corrected chi connectivity index (χ3v) is 4.59. The number of nitrogens with one attached hydrogen (secondary N) is 2. The molecule has 1 unspecified atom stereocenters. The Labute approximate surface area is 167 Å². The van der Waals surface area contributed by atoms with Crippen LogP contribution in [0, 0.1) is 17.5 Å². The Hall–Kier alpha value is -2.87. The number of halogens is 3. The molecule has 0 saturated carbocycles. The summed E-state index contributed by atoms with van der Waals surface area (Å²) in [5, 5.41) is 4.56. The second-order valence-corrected chi connectivity index (χ2v) is 6.73. The van der Waals surface area contributed by atoms with Crippen molar-refractivity contribution in [1.82, 2.24) is 10.2 Å². The first kappa shape index (κ1) is 22.4. The summed E-state index contributed by atoms with van der Waals surface area (Å²) in [6.07, 6.45) is 1.76. The number of hydrogen-bond acceptors (Lipinski definition) is 3. The average molecular weight is 407 g/mol. The summed E-state index contributed by atoms with van der Waals surface area (Å²) < 4.78 is 39.7. The van der Waals surface area contributed by atoms with Crippen molar-refractivity contribution in [2.75, 3.05) is 25.5 Å². The molecule has 8 heteroatoms. The monoisotopic (exact) mass is 407 g/mol. The second-order valence-electron chi connectivity index (χ2n) is 6.73. The molecule has 29 heavy (non-hydrogen) atoms. The lowest BCUT2D eigenvalue weighted by Crippen LogP contribution is -2.45. The van der Waals surface area contributed by atoms with Crippen molar-refractivity contribution < 1.29 is 22.8 Å². The van der Waals surface area contributed by atoms with E-state index in [1.807, 2.05) is 42.3 Å². The molecule has 0 aliphatic carbocycles. The molecule has 0 aliphatic rings. The summed E-state index contributed by atoms with van der Waals surface area (Å²) >= 11 is 0. The van der Waals surface area contributed by atoms with Crippen molar-refractivity contribution in [3.63, 3.8) is 0 Å². The first-order valence-electron chi connectivity index (χ1n) is 9.24. The molecule has 2 rings (SSSR count). The Kier molecular flexibility index (Phi) is 8.21. The van der Waals surface area contributed by atoms with Gasteiger partial charge >= 0.3 is 0 Å². The number of carbonyl (C=O) groups is 2. The molecular formula is C21H24F3N3O2. The maximum absolute atomic E-state index is 13.6. The van der Waals surface area contributed by atoms with E-state index in [0.29, 0.717) is 12.6 Å². The van der Waals surface area contributed by atoms with E-state index in [1.54, 1.807) is 6.92 Å². The van der Waals surface area contributed by atoms with Crippen LogP contribution in [0.25, 0.3) is 0 Å². The quantitative estimate of drug-likeness (QED) is 0.628. The molecule has 5 nitrogen and oxygen atoms in total. The maximum atomic E-state index is 13.6. The average Bonchev–Trinajstić information content (AvgIpc) is 2.72. The standard InChI is InChI=1S/C21H24F3N3O2/c1-14(27(2)12-6-9-15-7-4-3-5-8-15)21(29)25-13-18(28)26-17-11-10-16(22)19(23)20(17)24/h3-5,7-8,10-11,14H,6,9,12-13H2,1-2H3,(H,25,29)(H,26,28). The van der Waals surface area contributed by atoms with E-state index in [2.05, 4.69) is 10.6 Å². The number of rotatable bonds is 9. The van der Waals surface area contributed by atoms with Crippen molar-refractivity contribution in [2.45, 2.75) is 25.8 Å². The molecule has 0 saturated heterocycles. The highest BCUT2D eigenvalue weighted by atomic mass is 19.2. The van der Waals surface area contributed by atoms with E-state index in [0.717, 1.165) is 18.9 Å². The lowest BCUT2D eigenvalue weighted by molar-refractivity contribution is -0.127. The molecule has 0 heterocycles. The number of anilines is 1. The van der Waals surface area contributed by atoms with Gasteiger partial charge < -0.3 is 10.6 Å². The van der Waals surface area contributed by atoms with Gasteiger partial charge in [-0.2, -0.15) is 0 Å². The topological polar surface area (TPSA) is 61.4 Å². The van der Waals surface area contributed by atoms with Gasteiger partial charge in [0.25, 0.3) is 0 Å². The third kappa shape index (κ3) is 6.60. The molecule has 156 valence electrons. The van der Waals surface area contributed by atoms with E-state index in [4.69, 9.17) is 0 Å². The van der Waals surface area contributed by atoms with Crippen LogP contribution in [0.15, 0.2) is 42.5 Å². The number of hydrogen-bond donors (Lipinski definition) is 2. The number of carbonyl (C=O) groups excluding carboxylic acids is 2. The smallest absolute Gasteiger partial charge is 0.243 e. The van der Waals surface area contributed by atoms with Crippen molar-refractivity contribution in [2.24, 2.45) is 0 Å². The molecule has 2 amide bonds. The van der Waals surface area contributed by atoms with Crippen LogP contribution in [0.2, 0.25) is 0 Å². The lowest BCUT2D eigenvalue weighted by Gasteiger charge is -2.23. The van der Waals surface area contributed by atoms with E-state index < -0.39 is 41.6 Å². The third-order valence-electron chi connectivity index (χ3n) is 4.59. The molecule has 0 aliphatic heterocycles. The summed E-state index contributed by atoms with van der Waals surface area (Å²) in [5.74, 6) is -5.62. The second kappa shape index (κ2) is 10.6. The largest absolute Gasteiger partial charge is 0.346 e. The molecule has 2 aromatic rings. The van der Waals surface area contributed by atoms with Crippen LogP contribution in [-0.4, -0.2) is 42.9 Å². The maximum Gasteiger partial charge on any atom is 0.243 e. The first-order chi connectivity index (χ1) is 13.8. The van der Waals surface area contributed by atoms with E-state index in [9.17, 15) is 22.8 Å². The zero-order chi connectivity index (χ0) is 21.4. The SMILES string of the molecule is CC(C(=O)NCC(=O)Nc1ccc(F)c(F)c1F)N(C)CCCc1ccccc1. The number of aryl methyl sites for hydroxylation is 1. The van der Waals surface area contributed by atoms with Gasteiger partial charge in [0, 0.05) is 0 Å². The number of amides is 2. The Morgan fingerprint density at radius 3 is 2.41 bits per heavy atom. The molecule has 0 radical (unpaired) electrons. The summed E-state index contributed by atoms with van der Waals surface area (Å²) in [4.78, 5) is 26.0. The van der Waals surface area contributed by atoms with Crippen LogP contribution < -0.4 is 10.6 Å². The van der Waals surface area contributed by atoms with Crippen LogP contribution in [0.1, 0.15) is 18.9 Å². The number of likely N-dealkylation sites (N-methyl/N-ethyl adjacent to an activating group) is 1. The van der Waals surface area contributed by atoms with Crippen LogP contribution in [0.3, 0.4) is 0 Å². The molecular weight excluding hydrogens is 383 g/mol. The molecule has 2 aromatic carbocycles.